The summed E-state index contributed by atoms with van der Waals surface area (Å²) < 4.78 is 5.47. The third-order valence-corrected chi connectivity index (χ3v) is 4.28. The molecule has 0 aliphatic heterocycles. The van der Waals surface area contributed by atoms with Gasteiger partial charge < -0.3 is 4.74 Å². The summed E-state index contributed by atoms with van der Waals surface area (Å²) in [4.78, 5) is 0. The molecule has 2 fully saturated rings. The van der Waals surface area contributed by atoms with Crippen LogP contribution in [0.3, 0.4) is 0 Å². The van der Waals surface area contributed by atoms with Gasteiger partial charge in [0.1, 0.15) is 5.75 Å². The Balaban J connectivity index is 1.92. The van der Waals surface area contributed by atoms with Crippen molar-refractivity contribution in [1.29, 1.82) is 0 Å². The first kappa shape index (κ1) is 9.26. The number of benzene rings is 1. The highest BCUT2D eigenvalue weighted by Crippen LogP contribution is 2.54. The van der Waals surface area contributed by atoms with Crippen molar-refractivity contribution in [3.63, 3.8) is 0 Å². The summed E-state index contributed by atoms with van der Waals surface area (Å²) in [7, 11) is 1.78. The third-order valence-electron chi connectivity index (χ3n) is 4.28. The first-order valence-electron chi connectivity index (χ1n) is 6.01. The molecule has 0 unspecified atom stereocenters. The lowest BCUT2D eigenvalue weighted by molar-refractivity contribution is 0.378. The van der Waals surface area contributed by atoms with Crippen molar-refractivity contribution in [3.05, 3.63) is 29.8 Å². The van der Waals surface area contributed by atoms with Gasteiger partial charge in [0.05, 0.1) is 7.11 Å². The molecular weight excluding hydrogens is 184 g/mol. The Labute approximate surface area is 91.5 Å². The summed E-state index contributed by atoms with van der Waals surface area (Å²) in [6, 6.07) is 8.56. The van der Waals surface area contributed by atoms with Crippen molar-refractivity contribution in [2.45, 2.75) is 31.6 Å². The van der Waals surface area contributed by atoms with Gasteiger partial charge in [-0.15, -0.1) is 0 Å². The lowest BCUT2D eigenvalue weighted by Crippen LogP contribution is -2.09. The summed E-state index contributed by atoms with van der Waals surface area (Å²) in [6.07, 6.45) is 5.76. The van der Waals surface area contributed by atoms with Gasteiger partial charge in [-0.25, -0.2) is 0 Å². The van der Waals surface area contributed by atoms with E-state index in [4.69, 9.17) is 4.74 Å². The van der Waals surface area contributed by atoms with E-state index in [9.17, 15) is 0 Å². The highest BCUT2D eigenvalue weighted by Gasteiger charge is 2.40. The number of hydrogen-bond acceptors (Lipinski definition) is 1. The molecule has 0 heterocycles. The van der Waals surface area contributed by atoms with Crippen LogP contribution in [0.5, 0.6) is 5.75 Å². The SMILES string of the molecule is COc1ccccc1[C@H]1C[C@@H]2CC[C@H]1C2. The molecule has 0 amide bonds. The minimum Gasteiger partial charge on any atom is -0.496 e. The molecule has 15 heavy (non-hydrogen) atoms. The minimum atomic E-state index is 0.778. The molecule has 1 nitrogen and oxygen atoms in total. The highest BCUT2D eigenvalue weighted by atomic mass is 16.5. The van der Waals surface area contributed by atoms with Gasteiger partial charge in [-0.05, 0) is 48.6 Å². The van der Waals surface area contributed by atoms with Crippen LogP contribution in [0.1, 0.15) is 37.2 Å². The normalized spacial score (nSPS) is 33.3. The van der Waals surface area contributed by atoms with Gasteiger partial charge >= 0.3 is 0 Å². The van der Waals surface area contributed by atoms with Gasteiger partial charge in [0.2, 0.25) is 0 Å². The van der Waals surface area contributed by atoms with Crippen LogP contribution in [0.2, 0.25) is 0 Å². The second-order valence-electron chi connectivity index (χ2n) is 5.02. The van der Waals surface area contributed by atoms with E-state index in [0.717, 1.165) is 23.5 Å². The van der Waals surface area contributed by atoms with Crippen molar-refractivity contribution in [2.75, 3.05) is 7.11 Å². The number of rotatable bonds is 2. The maximum Gasteiger partial charge on any atom is 0.122 e. The molecule has 1 aromatic carbocycles. The van der Waals surface area contributed by atoms with E-state index in [1.165, 1.54) is 31.2 Å². The van der Waals surface area contributed by atoms with Crippen LogP contribution < -0.4 is 4.74 Å². The second kappa shape index (κ2) is 3.55. The molecule has 3 rings (SSSR count). The molecule has 2 saturated carbocycles. The first-order chi connectivity index (χ1) is 7.38. The van der Waals surface area contributed by atoms with E-state index in [1.807, 2.05) is 0 Å². The molecule has 0 aromatic heterocycles. The third kappa shape index (κ3) is 1.45. The number of hydrogen-bond donors (Lipinski definition) is 0. The van der Waals surface area contributed by atoms with Gasteiger partial charge in [-0.2, -0.15) is 0 Å². The van der Waals surface area contributed by atoms with Gasteiger partial charge in [-0.1, -0.05) is 24.6 Å². The van der Waals surface area contributed by atoms with E-state index in [-0.39, 0.29) is 0 Å². The van der Waals surface area contributed by atoms with Crippen molar-refractivity contribution < 1.29 is 4.74 Å². The molecule has 2 bridgehead atoms. The zero-order valence-corrected chi connectivity index (χ0v) is 9.28. The zero-order valence-electron chi connectivity index (χ0n) is 9.28. The molecule has 0 N–H and O–H groups in total. The molecule has 3 atom stereocenters. The van der Waals surface area contributed by atoms with Crippen molar-refractivity contribution in [3.8, 4) is 5.75 Å². The molecule has 2 aliphatic carbocycles. The number of ether oxygens (including phenoxy) is 1. The van der Waals surface area contributed by atoms with E-state index < -0.39 is 0 Å². The highest BCUT2D eigenvalue weighted by molar-refractivity contribution is 5.37. The van der Waals surface area contributed by atoms with Gasteiger partial charge in [0.15, 0.2) is 0 Å². The average Bonchev–Trinajstić information content (AvgIpc) is 2.90. The standard InChI is InChI=1S/C14H18O/c1-15-14-5-3-2-4-12(14)13-9-10-6-7-11(13)8-10/h2-5,10-11,13H,6-9H2,1H3/t10-,11+,13+/m1/s1. The predicted octanol–water partition coefficient (Wildman–Crippen LogP) is 3.60. The van der Waals surface area contributed by atoms with Gasteiger partial charge in [0.25, 0.3) is 0 Å². The van der Waals surface area contributed by atoms with E-state index in [1.54, 1.807) is 7.11 Å². The van der Waals surface area contributed by atoms with Crippen LogP contribution in [0.4, 0.5) is 0 Å². The van der Waals surface area contributed by atoms with Crippen LogP contribution in [0.15, 0.2) is 24.3 Å². The van der Waals surface area contributed by atoms with Crippen molar-refractivity contribution in [2.24, 2.45) is 11.8 Å². The Morgan fingerprint density at radius 1 is 1.13 bits per heavy atom. The Kier molecular flexibility index (Phi) is 2.19. The molecule has 1 heteroatoms. The lowest BCUT2D eigenvalue weighted by atomic mass is 9.83. The Morgan fingerprint density at radius 3 is 2.67 bits per heavy atom. The fourth-order valence-corrected chi connectivity index (χ4v) is 3.60. The molecule has 2 aliphatic rings. The lowest BCUT2D eigenvalue weighted by Gasteiger charge is -2.23. The predicted molar refractivity (Wildman–Crippen MR) is 61.2 cm³/mol. The number of para-hydroxylation sites is 1. The van der Waals surface area contributed by atoms with Crippen LogP contribution in [0.25, 0.3) is 0 Å². The molecule has 0 radical (unpaired) electrons. The van der Waals surface area contributed by atoms with Crippen LogP contribution in [-0.4, -0.2) is 7.11 Å². The molecule has 1 aromatic rings. The van der Waals surface area contributed by atoms with Crippen molar-refractivity contribution >= 4 is 0 Å². The smallest absolute Gasteiger partial charge is 0.122 e. The largest absolute Gasteiger partial charge is 0.496 e. The maximum absolute atomic E-state index is 5.47. The summed E-state index contributed by atoms with van der Waals surface area (Å²) in [5.41, 5.74) is 1.45. The van der Waals surface area contributed by atoms with Crippen molar-refractivity contribution in [1.82, 2.24) is 0 Å². The summed E-state index contributed by atoms with van der Waals surface area (Å²) >= 11 is 0. The molecular formula is C14H18O. The van der Waals surface area contributed by atoms with Crippen LogP contribution >= 0.6 is 0 Å². The second-order valence-corrected chi connectivity index (χ2v) is 5.02. The molecule has 80 valence electrons. The Morgan fingerprint density at radius 2 is 2.00 bits per heavy atom. The van der Waals surface area contributed by atoms with Crippen LogP contribution in [-0.2, 0) is 0 Å². The van der Waals surface area contributed by atoms with E-state index in [0.29, 0.717) is 0 Å². The van der Waals surface area contributed by atoms with Gasteiger partial charge in [-0.3, -0.25) is 0 Å². The summed E-state index contributed by atoms with van der Waals surface area (Å²) in [5.74, 6) is 3.81. The fourth-order valence-electron chi connectivity index (χ4n) is 3.60. The number of fused-ring (bicyclic) bond motifs is 2. The Bertz CT molecular complexity index is 358. The Hall–Kier alpha value is -0.980. The van der Waals surface area contributed by atoms with E-state index in [2.05, 4.69) is 24.3 Å². The topological polar surface area (TPSA) is 9.23 Å². The average molecular weight is 202 g/mol. The quantitative estimate of drug-likeness (QED) is 0.712. The fraction of sp³-hybridized carbons (Fsp3) is 0.571. The van der Waals surface area contributed by atoms with Crippen LogP contribution in [0, 0.1) is 11.8 Å². The summed E-state index contributed by atoms with van der Waals surface area (Å²) in [6.45, 7) is 0. The van der Waals surface area contributed by atoms with Gasteiger partial charge in [0, 0.05) is 0 Å². The van der Waals surface area contributed by atoms with E-state index >= 15 is 0 Å². The monoisotopic (exact) mass is 202 g/mol. The molecule has 0 spiro atoms. The maximum atomic E-state index is 5.47. The zero-order chi connectivity index (χ0) is 10.3. The summed E-state index contributed by atoms with van der Waals surface area (Å²) in [5, 5.41) is 0. The minimum absolute atomic E-state index is 0.778. The number of methoxy groups -OCH3 is 1. The molecule has 0 saturated heterocycles. The first-order valence-corrected chi connectivity index (χ1v) is 6.01.